The van der Waals surface area contributed by atoms with Crippen molar-refractivity contribution in [3.05, 3.63) is 61.2 Å². The number of nitrogens with zero attached hydrogens (tertiary/aromatic N) is 7. The summed E-state index contributed by atoms with van der Waals surface area (Å²) in [4.78, 5) is 27.7. The second kappa shape index (κ2) is 9.13. The van der Waals surface area contributed by atoms with Gasteiger partial charge in [-0.15, -0.1) is 0 Å². The van der Waals surface area contributed by atoms with Gasteiger partial charge in [0.25, 0.3) is 0 Å². The number of fused-ring (bicyclic) bond motifs is 1. The van der Waals surface area contributed by atoms with Crippen LogP contribution in [0.25, 0.3) is 33.2 Å². The maximum Gasteiger partial charge on any atom is 0.319 e. The molecule has 2 amide bonds. The standard InChI is InChI=1S/C26H29N7O/c1-4-30(2)26(34)33-12-10-32(11-13-33)25-8-7-19(16-28-25)23-14-20(21-17-29-31(3)18-21)15-24-22(23)6-5-9-27-24/h5-9,14-18H,4,10-13H2,1-3H3. The van der Waals surface area contributed by atoms with E-state index < -0.39 is 0 Å². The average Bonchev–Trinajstić information content (AvgIpc) is 3.33. The lowest BCUT2D eigenvalue weighted by atomic mass is 9.97. The topological polar surface area (TPSA) is 70.4 Å². The first-order chi connectivity index (χ1) is 16.5. The number of amides is 2. The molecular weight excluding hydrogens is 426 g/mol. The molecule has 1 fully saturated rings. The monoisotopic (exact) mass is 455 g/mol. The molecule has 0 spiro atoms. The Kier molecular flexibility index (Phi) is 5.88. The minimum atomic E-state index is 0.0967. The van der Waals surface area contributed by atoms with Crippen molar-refractivity contribution in [1.29, 1.82) is 0 Å². The summed E-state index contributed by atoms with van der Waals surface area (Å²) in [6.07, 6.45) is 7.64. The Bertz CT molecular complexity index is 1310. The summed E-state index contributed by atoms with van der Waals surface area (Å²) in [7, 11) is 3.77. The minimum Gasteiger partial charge on any atom is -0.353 e. The summed E-state index contributed by atoms with van der Waals surface area (Å²) in [6.45, 7) is 5.67. The molecule has 4 aromatic rings. The van der Waals surface area contributed by atoms with E-state index in [1.165, 1.54) is 0 Å². The van der Waals surface area contributed by atoms with Gasteiger partial charge in [0.15, 0.2) is 0 Å². The van der Waals surface area contributed by atoms with E-state index in [9.17, 15) is 4.79 Å². The molecule has 1 saturated heterocycles. The van der Waals surface area contributed by atoms with Crippen molar-refractivity contribution in [2.45, 2.75) is 6.92 Å². The molecular formula is C26H29N7O. The predicted molar refractivity (Wildman–Crippen MR) is 135 cm³/mol. The molecule has 1 aromatic carbocycles. The molecule has 34 heavy (non-hydrogen) atoms. The van der Waals surface area contributed by atoms with Gasteiger partial charge in [-0.1, -0.05) is 6.07 Å². The lowest BCUT2D eigenvalue weighted by Gasteiger charge is -2.37. The second-order valence-electron chi connectivity index (χ2n) is 8.67. The number of urea groups is 1. The highest BCUT2D eigenvalue weighted by atomic mass is 16.2. The van der Waals surface area contributed by atoms with Crippen LogP contribution in [0.4, 0.5) is 10.6 Å². The molecule has 0 atom stereocenters. The van der Waals surface area contributed by atoms with Gasteiger partial charge in [0.2, 0.25) is 0 Å². The number of carbonyl (C=O) groups excluding carboxylic acids is 1. The Hall–Kier alpha value is -3.94. The molecule has 0 N–H and O–H groups in total. The number of rotatable bonds is 4. The van der Waals surface area contributed by atoms with Crippen molar-refractivity contribution >= 4 is 22.8 Å². The third kappa shape index (κ3) is 4.19. The fourth-order valence-electron chi connectivity index (χ4n) is 4.39. The van der Waals surface area contributed by atoms with Crippen molar-refractivity contribution in [2.24, 2.45) is 7.05 Å². The molecule has 0 aliphatic carbocycles. The Balaban J connectivity index is 1.40. The van der Waals surface area contributed by atoms with Crippen LogP contribution >= 0.6 is 0 Å². The van der Waals surface area contributed by atoms with Crippen LogP contribution in [0, 0.1) is 0 Å². The van der Waals surface area contributed by atoms with Crippen LogP contribution in [0.3, 0.4) is 0 Å². The Labute approximate surface area is 199 Å². The Morgan fingerprint density at radius 3 is 2.50 bits per heavy atom. The number of aromatic nitrogens is 4. The molecule has 3 aromatic heterocycles. The molecule has 5 rings (SSSR count). The molecule has 1 aliphatic rings. The van der Waals surface area contributed by atoms with Gasteiger partial charge in [-0.05, 0) is 48.4 Å². The summed E-state index contributed by atoms with van der Waals surface area (Å²) < 4.78 is 1.81. The van der Waals surface area contributed by atoms with Crippen molar-refractivity contribution in [1.82, 2.24) is 29.5 Å². The number of hydrogen-bond acceptors (Lipinski definition) is 5. The quantitative estimate of drug-likeness (QED) is 0.467. The molecule has 1 aliphatic heterocycles. The normalized spacial score (nSPS) is 14.0. The number of pyridine rings is 2. The van der Waals surface area contributed by atoms with Gasteiger partial charge < -0.3 is 14.7 Å². The molecule has 0 radical (unpaired) electrons. The van der Waals surface area contributed by atoms with Gasteiger partial charge in [0.05, 0.1) is 11.7 Å². The average molecular weight is 456 g/mol. The number of piperazine rings is 1. The van der Waals surface area contributed by atoms with Crippen molar-refractivity contribution in [3.8, 4) is 22.3 Å². The van der Waals surface area contributed by atoms with Gasteiger partial charge in [-0.2, -0.15) is 5.10 Å². The van der Waals surface area contributed by atoms with Gasteiger partial charge >= 0.3 is 6.03 Å². The number of carbonyl (C=O) groups is 1. The predicted octanol–water partition coefficient (Wildman–Crippen LogP) is 3.89. The highest BCUT2D eigenvalue weighted by Gasteiger charge is 2.23. The molecule has 8 nitrogen and oxygen atoms in total. The van der Waals surface area contributed by atoms with E-state index in [0.29, 0.717) is 19.6 Å². The first kappa shape index (κ1) is 21.9. The molecule has 0 unspecified atom stereocenters. The van der Waals surface area contributed by atoms with Gasteiger partial charge in [0.1, 0.15) is 5.82 Å². The van der Waals surface area contributed by atoms with Gasteiger partial charge in [-0.25, -0.2) is 9.78 Å². The Morgan fingerprint density at radius 1 is 1.00 bits per heavy atom. The van der Waals surface area contributed by atoms with E-state index in [1.54, 1.807) is 4.90 Å². The van der Waals surface area contributed by atoms with E-state index in [0.717, 1.165) is 52.1 Å². The van der Waals surface area contributed by atoms with Crippen LogP contribution < -0.4 is 4.90 Å². The van der Waals surface area contributed by atoms with Crippen LogP contribution in [0.1, 0.15) is 6.92 Å². The van der Waals surface area contributed by atoms with E-state index in [1.807, 2.05) is 61.5 Å². The van der Waals surface area contributed by atoms with Crippen molar-refractivity contribution < 1.29 is 4.79 Å². The number of aryl methyl sites for hydroxylation is 1. The highest BCUT2D eigenvalue weighted by Crippen LogP contribution is 2.33. The second-order valence-corrected chi connectivity index (χ2v) is 8.67. The van der Waals surface area contributed by atoms with Crippen LogP contribution in [-0.4, -0.2) is 75.4 Å². The maximum absolute atomic E-state index is 12.4. The van der Waals surface area contributed by atoms with Crippen LogP contribution in [0.15, 0.2) is 61.2 Å². The van der Waals surface area contributed by atoms with Crippen LogP contribution in [0.5, 0.6) is 0 Å². The van der Waals surface area contributed by atoms with E-state index in [4.69, 9.17) is 4.98 Å². The van der Waals surface area contributed by atoms with E-state index in [-0.39, 0.29) is 6.03 Å². The van der Waals surface area contributed by atoms with Crippen molar-refractivity contribution in [3.63, 3.8) is 0 Å². The van der Waals surface area contributed by atoms with E-state index >= 15 is 0 Å². The lowest BCUT2D eigenvalue weighted by molar-refractivity contribution is 0.161. The summed E-state index contributed by atoms with van der Waals surface area (Å²) >= 11 is 0. The maximum atomic E-state index is 12.4. The SMILES string of the molecule is CCN(C)C(=O)N1CCN(c2ccc(-c3cc(-c4cnn(C)c4)cc4ncccc34)cn2)CC1. The van der Waals surface area contributed by atoms with Gasteiger partial charge in [-0.3, -0.25) is 9.67 Å². The minimum absolute atomic E-state index is 0.0967. The van der Waals surface area contributed by atoms with Gasteiger partial charge in [0, 0.05) is 81.9 Å². The zero-order chi connectivity index (χ0) is 23.7. The highest BCUT2D eigenvalue weighted by molar-refractivity contribution is 5.98. The molecule has 0 bridgehead atoms. The van der Waals surface area contributed by atoms with E-state index in [2.05, 4.69) is 45.3 Å². The summed E-state index contributed by atoms with van der Waals surface area (Å²) in [5.74, 6) is 0.936. The fraction of sp³-hybridized carbons (Fsp3) is 0.308. The third-order valence-corrected chi connectivity index (χ3v) is 6.49. The fourth-order valence-corrected chi connectivity index (χ4v) is 4.39. The smallest absolute Gasteiger partial charge is 0.319 e. The summed E-state index contributed by atoms with van der Waals surface area (Å²) in [5.41, 5.74) is 5.23. The Morgan fingerprint density at radius 2 is 1.82 bits per heavy atom. The van der Waals surface area contributed by atoms with Crippen LogP contribution in [0.2, 0.25) is 0 Å². The molecule has 8 heteroatoms. The number of anilines is 1. The largest absolute Gasteiger partial charge is 0.353 e. The molecule has 0 saturated carbocycles. The number of benzene rings is 1. The summed E-state index contributed by atoms with van der Waals surface area (Å²) in [6, 6.07) is 12.7. The zero-order valence-electron chi connectivity index (χ0n) is 19.8. The molecule has 4 heterocycles. The third-order valence-electron chi connectivity index (χ3n) is 6.49. The first-order valence-corrected chi connectivity index (χ1v) is 11.6. The summed E-state index contributed by atoms with van der Waals surface area (Å²) in [5, 5.41) is 5.41. The van der Waals surface area contributed by atoms with Crippen LogP contribution in [-0.2, 0) is 7.05 Å². The zero-order valence-corrected chi connectivity index (χ0v) is 19.8. The lowest BCUT2D eigenvalue weighted by Crippen LogP contribution is -2.52. The molecule has 174 valence electrons. The number of hydrogen-bond donors (Lipinski definition) is 0. The van der Waals surface area contributed by atoms with Crippen molar-refractivity contribution in [2.75, 3.05) is 44.7 Å². The first-order valence-electron chi connectivity index (χ1n) is 11.6.